The van der Waals surface area contributed by atoms with Gasteiger partial charge in [0.05, 0.1) is 12.6 Å². The highest BCUT2D eigenvalue weighted by molar-refractivity contribution is 7.11. The molecule has 1 fully saturated rings. The molecule has 1 atom stereocenters. The molecule has 0 radical (unpaired) electrons. The van der Waals surface area contributed by atoms with Gasteiger partial charge in [-0.3, -0.25) is 9.59 Å². The van der Waals surface area contributed by atoms with Crippen LogP contribution in [-0.2, 0) is 9.53 Å². The minimum Gasteiger partial charge on any atom is -0.439 e. The number of hydrogen-bond donors (Lipinski definition) is 1. The van der Waals surface area contributed by atoms with Crippen molar-refractivity contribution < 1.29 is 23.9 Å². The Labute approximate surface area is 176 Å². The van der Waals surface area contributed by atoms with Crippen LogP contribution in [0.1, 0.15) is 22.0 Å². The molecule has 30 heavy (non-hydrogen) atoms. The summed E-state index contributed by atoms with van der Waals surface area (Å²) in [4.78, 5) is 41.6. The summed E-state index contributed by atoms with van der Waals surface area (Å²) in [6.45, 7) is -0.298. The lowest BCUT2D eigenvalue weighted by Gasteiger charge is -2.23. The van der Waals surface area contributed by atoms with Gasteiger partial charge < -0.3 is 14.8 Å². The summed E-state index contributed by atoms with van der Waals surface area (Å²) in [5.41, 5.74) is 1.18. The van der Waals surface area contributed by atoms with Crippen molar-refractivity contribution in [3.8, 4) is 10.9 Å². The average molecular weight is 423 g/mol. The smallest absolute Gasteiger partial charge is 0.417 e. The van der Waals surface area contributed by atoms with Gasteiger partial charge in [0.2, 0.25) is 0 Å². The normalized spacial score (nSPS) is 14.3. The second-order valence-electron chi connectivity index (χ2n) is 6.42. The quantitative estimate of drug-likeness (QED) is 0.626. The highest BCUT2D eigenvalue weighted by Gasteiger charge is 2.33. The molecule has 3 aromatic rings. The predicted molar refractivity (Wildman–Crippen MR) is 108 cm³/mol. The van der Waals surface area contributed by atoms with Crippen LogP contribution < -0.4 is 10.1 Å². The number of imide groups is 1. The van der Waals surface area contributed by atoms with Crippen LogP contribution in [0.5, 0.6) is 10.9 Å². The van der Waals surface area contributed by atoms with E-state index in [1.54, 1.807) is 30.5 Å². The van der Waals surface area contributed by atoms with Gasteiger partial charge in [0.15, 0.2) is 6.61 Å². The zero-order valence-corrected chi connectivity index (χ0v) is 16.5. The van der Waals surface area contributed by atoms with Crippen LogP contribution in [0.3, 0.4) is 0 Å². The van der Waals surface area contributed by atoms with E-state index in [0.29, 0.717) is 16.5 Å². The topological polar surface area (TPSA) is 97.8 Å². The van der Waals surface area contributed by atoms with E-state index in [2.05, 4.69) is 10.3 Å². The van der Waals surface area contributed by atoms with Gasteiger partial charge in [-0.2, -0.15) is 0 Å². The van der Waals surface area contributed by atoms with Crippen molar-refractivity contribution in [2.45, 2.75) is 6.04 Å². The average Bonchev–Trinajstić information content (AvgIpc) is 3.39. The summed E-state index contributed by atoms with van der Waals surface area (Å²) in [5, 5.41) is 5.21. The fraction of sp³-hybridized carbons (Fsp3) is 0.143. The SMILES string of the molecule is O=C(NC(CN1C(=O)COC1=O)c1ccccc1)c1ccc(Oc2nccs2)cc1. The molecule has 4 rings (SSSR count). The van der Waals surface area contributed by atoms with Crippen molar-refractivity contribution in [2.75, 3.05) is 13.2 Å². The van der Waals surface area contributed by atoms with E-state index in [1.807, 2.05) is 35.7 Å². The molecule has 1 saturated heterocycles. The minimum atomic E-state index is -0.709. The molecular formula is C21H17N3O5S. The fourth-order valence-electron chi connectivity index (χ4n) is 2.94. The molecular weight excluding hydrogens is 406 g/mol. The van der Waals surface area contributed by atoms with Gasteiger partial charge in [-0.25, -0.2) is 14.7 Å². The molecule has 1 aromatic heterocycles. The molecule has 9 heteroatoms. The Hall–Kier alpha value is -3.72. The third-order valence-corrected chi connectivity index (χ3v) is 5.09. The van der Waals surface area contributed by atoms with Crippen molar-refractivity contribution in [2.24, 2.45) is 0 Å². The number of nitrogens with zero attached hydrogens (tertiary/aromatic N) is 2. The molecule has 1 aliphatic rings. The van der Waals surface area contributed by atoms with Crippen LogP contribution in [0.4, 0.5) is 4.79 Å². The number of amides is 3. The number of thiazole rings is 1. The van der Waals surface area contributed by atoms with Crippen molar-refractivity contribution in [1.82, 2.24) is 15.2 Å². The van der Waals surface area contributed by atoms with E-state index in [1.165, 1.54) is 11.3 Å². The molecule has 8 nitrogen and oxygen atoms in total. The number of nitrogens with one attached hydrogen (secondary N) is 1. The maximum Gasteiger partial charge on any atom is 0.417 e. The Morgan fingerprint density at radius 1 is 1.17 bits per heavy atom. The Morgan fingerprint density at radius 3 is 2.57 bits per heavy atom. The Morgan fingerprint density at radius 2 is 1.93 bits per heavy atom. The van der Waals surface area contributed by atoms with Crippen LogP contribution in [0.25, 0.3) is 0 Å². The number of carbonyl (C=O) groups is 3. The largest absolute Gasteiger partial charge is 0.439 e. The molecule has 0 saturated carbocycles. The number of cyclic esters (lactones) is 1. The predicted octanol–water partition coefficient (Wildman–Crippen LogP) is 3.39. The van der Waals surface area contributed by atoms with E-state index in [4.69, 9.17) is 9.47 Å². The van der Waals surface area contributed by atoms with E-state index >= 15 is 0 Å². The number of carbonyl (C=O) groups excluding carboxylic acids is 3. The second kappa shape index (κ2) is 8.75. The molecule has 3 amide bonds. The van der Waals surface area contributed by atoms with Gasteiger partial charge >= 0.3 is 6.09 Å². The first-order valence-electron chi connectivity index (χ1n) is 9.10. The number of ether oxygens (including phenoxy) is 2. The number of hydrogen-bond acceptors (Lipinski definition) is 7. The van der Waals surface area contributed by atoms with Gasteiger partial charge in [-0.1, -0.05) is 41.7 Å². The Kier molecular flexibility index (Phi) is 5.71. The van der Waals surface area contributed by atoms with Crippen molar-refractivity contribution in [1.29, 1.82) is 0 Å². The minimum absolute atomic E-state index is 0.0152. The Balaban J connectivity index is 1.48. The lowest BCUT2D eigenvalue weighted by atomic mass is 10.1. The molecule has 2 aromatic carbocycles. The molecule has 1 N–H and O–H groups in total. The Bertz CT molecular complexity index is 1020. The molecule has 1 aliphatic heterocycles. The highest BCUT2D eigenvalue weighted by atomic mass is 32.1. The summed E-state index contributed by atoms with van der Waals surface area (Å²) in [6, 6.07) is 15.2. The first kappa shape index (κ1) is 19.6. The fourth-order valence-corrected chi connectivity index (χ4v) is 3.44. The van der Waals surface area contributed by atoms with Crippen molar-refractivity contribution in [3.05, 3.63) is 77.3 Å². The van der Waals surface area contributed by atoms with Crippen molar-refractivity contribution >= 4 is 29.2 Å². The van der Waals surface area contributed by atoms with Crippen LogP contribution in [-0.4, -0.2) is 40.9 Å². The lowest BCUT2D eigenvalue weighted by Crippen LogP contribution is -2.40. The van der Waals surface area contributed by atoms with Gasteiger partial charge in [-0.05, 0) is 29.8 Å². The molecule has 0 bridgehead atoms. The monoisotopic (exact) mass is 423 g/mol. The van der Waals surface area contributed by atoms with Gasteiger partial charge in [0.25, 0.3) is 17.0 Å². The number of rotatable bonds is 7. The molecule has 2 heterocycles. The molecule has 0 spiro atoms. The van der Waals surface area contributed by atoms with Crippen LogP contribution in [0.2, 0.25) is 0 Å². The van der Waals surface area contributed by atoms with E-state index in [-0.39, 0.29) is 19.1 Å². The number of aromatic nitrogens is 1. The summed E-state index contributed by atoms with van der Waals surface area (Å²) < 4.78 is 10.4. The summed E-state index contributed by atoms with van der Waals surface area (Å²) in [5.74, 6) is -0.213. The standard InChI is InChI=1S/C21H17N3O5S/c25-18-13-28-21(27)24(18)12-17(14-4-2-1-3-5-14)23-19(26)15-6-8-16(9-7-15)29-20-22-10-11-30-20/h1-11,17H,12-13H2,(H,23,26). The molecule has 1 unspecified atom stereocenters. The number of benzene rings is 2. The van der Waals surface area contributed by atoms with Gasteiger partial charge in [-0.15, -0.1) is 0 Å². The second-order valence-corrected chi connectivity index (χ2v) is 7.28. The highest BCUT2D eigenvalue weighted by Crippen LogP contribution is 2.24. The third kappa shape index (κ3) is 4.47. The maximum absolute atomic E-state index is 12.8. The van der Waals surface area contributed by atoms with Crippen LogP contribution >= 0.6 is 11.3 Å². The molecule has 152 valence electrons. The van der Waals surface area contributed by atoms with Crippen LogP contribution in [0, 0.1) is 0 Å². The zero-order valence-electron chi connectivity index (χ0n) is 15.7. The van der Waals surface area contributed by atoms with E-state index < -0.39 is 18.0 Å². The summed E-state index contributed by atoms with van der Waals surface area (Å²) >= 11 is 1.37. The van der Waals surface area contributed by atoms with Crippen LogP contribution in [0.15, 0.2) is 66.2 Å². The van der Waals surface area contributed by atoms with Gasteiger partial charge in [0, 0.05) is 17.1 Å². The zero-order chi connectivity index (χ0) is 20.9. The third-order valence-electron chi connectivity index (χ3n) is 4.44. The maximum atomic E-state index is 12.8. The summed E-state index contributed by atoms with van der Waals surface area (Å²) in [6.07, 6.45) is 0.936. The van der Waals surface area contributed by atoms with E-state index in [0.717, 1.165) is 10.5 Å². The first-order chi connectivity index (χ1) is 14.6. The molecule has 0 aliphatic carbocycles. The van der Waals surface area contributed by atoms with Gasteiger partial charge in [0.1, 0.15) is 5.75 Å². The lowest BCUT2D eigenvalue weighted by molar-refractivity contribution is -0.126. The summed E-state index contributed by atoms with van der Waals surface area (Å²) in [7, 11) is 0. The first-order valence-corrected chi connectivity index (χ1v) is 9.98. The van der Waals surface area contributed by atoms with Crippen molar-refractivity contribution in [3.63, 3.8) is 0 Å². The van der Waals surface area contributed by atoms with E-state index in [9.17, 15) is 14.4 Å².